The minimum Gasteiger partial charge on any atom is -0.394 e. The second-order valence-electron chi connectivity index (χ2n) is 4.02. The zero-order valence-electron chi connectivity index (χ0n) is 9.94. The van der Waals surface area contributed by atoms with E-state index in [1.807, 2.05) is 6.92 Å². The van der Waals surface area contributed by atoms with Gasteiger partial charge in [0.05, 0.1) is 17.5 Å². The van der Waals surface area contributed by atoms with Crippen LogP contribution in [-0.4, -0.2) is 23.7 Å². The van der Waals surface area contributed by atoms with Crippen LogP contribution in [0.4, 0.5) is 4.39 Å². The fourth-order valence-corrected chi connectivity index (χ4v) is 2.65. The summed E-state index contributed by atoms with van der Waals surface area (Å²) in [7, 11) is 0. The Balaban J connectivity index is 2.26. The number of halogens is 1. The molecule has 1 amide bonds. The van der Waals surface area contributed by atoms with Gasteiger partial charge in [-0.15, -0.1) is 11.3 Å². The van der Waals surface area contributed by atoms with Gasteiger partial charge < -0.3 is 10.4 Å². The highest BCUT2D eigenvalue weighted by Gasteiger charge is 2.15. The van der Waals surface area contributed by atoms with Gasteiger partial charge in [0.15, 0.2) is 0 Å². The maximum absolute atomic E-state index is 13.5. The van der Waals surface area contributed by atoms with E-state index in [1.54, 1.807) is 18.2 Å². The third-order valence-electron chi connectivity index (χ3n) is 2.78. The van der Waals surface area contributed by atoms with E-state index in [9.17, 15) is 9.18 Å². The summed E-state index contributed by atoms with van der Waals surface area (Å²) in [4.78, 5) is 12.4. The summed E-state index contributed by atoms with van der Waals surface area (Å²) in [6, 6.07) is 6.07. The fourth-order valence-electron chi connectivity index (χ4n) is 1.67. The molecule has 0 aliphatic heterocycles. The number of hydrogen-bond acceptors (Lipinski definition) is 3. The van der Waals surface area contributed by atoms with E-state index in [2.05, 4.69) is 5.32 Å². The molecule has 0 unspecified atom stereocenters. The van der Waals surface area contributed by atoms with Crippen LogP contribution in [0.2, 0.25) is 0 Å². The number of aliphatic hydroxyl groups is 1. The second kappa shape index (κ2) is 5.46. The Bertz CT molecular complexity index is 563. The Kier molecular flexibility index (Phi) is 3.93. The van der Waals surface area contributed by atoms with Gasteiger partial charge in [0.2, 0.25) is 0 Å². The van der Waals surface area contributed by atoms with Gasteiger partial charge in [0, 0.05) is 10.1 Å². The Morgan fingerprint density at radius 2 is 2.33 bits per heavy atom. The van der Waals surface area contributed by atoms with Crippen LogP contribution in [0.25, 0.3) is 10.1 Å². The molecular formula is C13H14FNO2S. The van der Waals surface area contributed by atoms with Crippen molar-refractivity contribution in [3.05, 3.63) is 35.0 Å². The fraction of sp³-hybridized carbons (Fsp3) is 0.308. The zero-order valence-corrected chi connectivity index (χ0v) is 10.8. The molecule has 0 saturated carbocycles. The first kappa shape index (κ1) is 13.0. The molecule has 3 nitrogen and oxygen atoms in total. The summed E-state index contributed by atoms with van der Waals surface area (Å²) in [5.74, 6) is -0.589. The minimum absolute atomic E-state index is 0.0957. The first-order valence-corrected chi connectivity index (χ1v) is 6.57. The van der Waals surface area contributed by atoms with Crippen molar-refractivity contribution in [2.24, 2.45) is 0 Å². The lowest BCUT2D eigenvalue weighted by Crippen LogP contribution is -2.36. The van der Waals surface area contributed by atoms with E-state index >= 15 is 0 Å². The summed E-state index contributed by atoms with van der Waals surface area (Å²) in [6.45, 7) is 1.78. The molecular weight excluding hydrogens is 253 g/mol. The van der Waals surface area contributed by atoms with E-state index in [0.717, 1.165) is 4.70 Å². The number of carbonyl (C=O) groups excluding carboxylic acids is 1. The van der Waals surface area contributed by atoms with Crippen LogP contribution in [0, 0.1) is 5.82 Å². The van der Waals surface area contributed by atoms with Gasteiger partial charge in [-0.25, -0.2) is 4.39 Å². The van der Waals surface area contributed by atoms with Crippen LogP contribution in [-0.2, 0) is 0 Å². The van der Waals surface area contributed by atoms with Crippen molar-refractivity contribution >= 4 is 27.3 Å². The van der Waals surface area contributed by atoms with E-state index in [0.29, 0.717) is 16.7 Å². The van der Waals surface area contributed by atoms with Gasteiger partial charge in [-0.3, -0.25) is 4.79 Å². The zero-order chi connectivity index (χ0) is 13.1. The van der Waals surface area contributed by atoms with Crippen LogP contribution < -0.4 is 5.32 Å². The summed E-state index contributed by atoms with van der Waals surface area (Å²) in [5, 5.41) is 12.2. The average Bonchev–Trinajstić information content (AvgIpc) is 2.81. The molecule has 96 valence electrons. The van der Waals surface area contributed by atoms with Crippen LogP contribution in [0.5, 0.6) is 0 Å². The molecule has 0 aliphatic carbocycles. The maximum atomic E-state index is 13.5. The monoisotopic (exact) mass is 267 g/mol. The number of amides is 1. The van der Waals surface area contributed by atoms with Crippen molar-refractivity contribution in [3.8, 4) is 0 Å². The van der Waals surface area contributed by atoms with Crippen LogP contribution >= 0.6 is 11.3 Å². The summed E-state index contributed by atoms with van der Waals surface area (Å²) >= 11 is 1.25. The van der Waals surface area contributed by atoms with Gasteiger partial charge in [-0.05, 0) is 24.6 Å². The summed E-state index contributed by atoms with van der Waals surface area (Å²) in [5.41, 5.74) is 0. The molecule has 2 N–H and O–H groups in total. The van der Waals surface area contributed by atoms with Crippen molar-refractivity contribution in [1.82, 2.24) is 5.32 Å². The van der Waals surface area contributed by atoms with Crippen LogP contribution in [0.1, 0.15) is 23.0 Å². The molecule has 2 aromatic rings. The average molecular weight is 267 g/mol. The van der Waals surface area contributed by atoms with Crippen LogP contribution in [0.3, 0.4) is 0 Å². The van der Waals surface area contributed by atoms with Gasteiger partial charge in [-0.1, -0.05) is 13.0 Å². The standard InChI is InChI=1S/C13H14FNO2S/c1-2-8(7-16)15-13(17)12-6-9-10(14)4-3-5-11(9)18-12/h3-6,8,16H,2,7H2,1H3,(H,15,17)/t8-/m0/s1. The van der Waals surface area contributed by atoms with Gasteiger partial charge in [-0.2, -0.15) is 0 Å². The number of carbonyl (C=O) groups is 1. The number of nitrogens with one attached hydrogen (secondary N) is 1. The summed E-state index contributed by atoms with van der Waals surface area (Å²) in [6.07, 6.45) is 0.654. The molecule has 1 aromatic carbocycles. The van der Waals surface area contributed by atoms with Gasteiger partial charge >= 0.3 is 0 Å². The quantitative estimate of drug-likeness (QED) is 0.894. The molecule has 0 fully saturated rings. The third kappa shape index (κ3) is 2.52. The van der Waals surface area contributed by atoms with Crippen molar-refractivity contribution in [2.45, 2.75) is 19.4 Å². The highest BCUT2D eigenvalue weighted by atomic mass is 32.1. The first-order valence-electron chi connectivity index (χ1n) is 5.75. The third-order valence-corrected chi connectivity index (χ3v) is 3.88. The molecule has 1 heterocycles. The van der Waals surface area contributed by atoms with Crippen molar-refractivity contribution < 1.29 is 14.3 Å². The molecule has 5 heteroatoms. The molecule has 0 aliphatic rings. The minimum atomic E-state index is -0.322. The predicted molar refractivity (Wildman–Crippen MR) is 70.4 cm³/mol. The molecule has 2 rings (SSSR count). The smallest absolute Gasteiger partial charge is 0.261 e. The lowest BCUT2D eigenvalue weighted by Gasteiger charge is -2.12. The van der Waals surface area contributed by atoms with Crippen molar-refractivity contribution in [3.63, 3.8) is 0 Å². The normalized spacial score (nSPS) is 12.6. The van der Waals surface area contributed by atoms with Crippen LogP contribution in [0.15, 0.2) is 24.3 Å². The first-order chi connectivity index (χ1) is 8.65. The van der Waals surface area contributed by atoms with Gasteiger partial charge in [0.25, 0.3) is 5.91 Å². The van der Waals surface area contributed by atoms with Crippen molar-refractivity contribution in [2.75, 3.05) is 6.61 Å². The summed E-state index contributed by atoms with van der Waals surface area (Å²) < 4.78 is 14.2. The van der Waals surface area contributed by atoms with E-state index in [4.69, 9.17) is 5.11 Å². The Hall–Kier alpha value is -1.46. The Morgan fingerprint density at radius 3 is 2.94 bits per heavy atom. The SMILES string of the molecule is CC[C@@H](CO)NC(=O)c1cc2c(F)cccc2s1. The van der Waals surface area contributed by atoms with E-state index < -0.39 is 0 Å². The Labute approximate surface area is 108 Å². The molecule has 1 aromatic heterocycles. The highest BCUT2D eigenvalue weighted by Crippen LogP contribution is 2.27. The highest BCUT2D eigenvalue weighted by molar-refractivity contribution is 7.20. The molecule has 18 heavy (non-hydrogen) atoms. The molecule has 0 saturated heterocycles. The molecule has 0 bridgehead atoms. The Morgan fingerprint density at radius 1 is 1.56 bits per heavy atom. The lowest BCUT2D eigenvalue weighted by atomic mass is 10.2. The second-order valence-corrected chi connectivity index (χ2v) is 5.11. The van der Waals surface area contributed by atoms with Crippen molar-refractivity contribution in [1.29, 1.82) is 0 Å². The molecule has 0 radical (unpaired) electrons. The van der Waals surface area contributed by atoms with Gasteiger partial charge in [0.1, 0.15) is 5.82 Å². The largest absolute Gasteiger partial charge is 0.394 e. The molecule has 0 spiro atoms. The van der Waals surface area contributed by atoms with E-state index in [1.165, 1.54) is 17.4 Å². The number of aliphatic hydroxyl groups excluding tert-OH is 1. The maximum Gasteiger partial charge on any atom is 0.261 e. The predicted octanol–water partition coefficient (Wildman–Crippen LogP) is 2.54. The number of hydrogen-bond donors (Lipinski definition) is 2. The topological polar surface area (TPSA) is 49.3 Å². The van der Waals surface area contributed by atoms with E-state index in [-0.39, 0.29) is 24.4 Å². The molecule has 1 atom stereocenters. The number of rotatable bonds is 4. The number of benzene rings is 1. The number of fused-ring (bicyclic) bond motifs is 1. The lowest BCUT2D eigenvalue weighted by molar-refractivity contribution is 0.0919. The number of thiophene rings is 1.